The number of carbonyl (C=O) groups is 1. The lowest BCUT2D eigenvalue weighted by atomic mass is 9.94. The molecule has 1 aromatic heterocycles. The smallest absolute Gasteiger partial charge is 0.255 e. The van der Waals surface area contributed by atoms with Crippen molar-refractivity contribution in [1.82, 2.24) is 5.32 Å². The van der Waals surface area contributed by atoms with Gasteiger partial charge in [0.25, 0.3) is 5.91 Å². The largest absolute Gasteiger partial charge is 0.457 e. The second kappa shape index (κ2) is 5.20. The SMILES string of the molecule is O=C(NCC1(O)CCOCC1)c1ccoc1Br. The molecule has 1 aliphatic rings. The molecule has 17 heavy (non-hydrogen) atoms. The van der Waals surface area contributed by atoms with Gasteiger partial charge < -0.3 is 19.6 Å². The Labute approximate surface area is 107 Å². The lowest BCUT2D eigenvalue weighted by molar-refractivity contribution is -0.0605. The van der Waals surface area contributed by atoms with Gasteiger partial charge in [0, 0.05) is 32.6 Å². The normalized spacial score (nSPS) is 18.9. The zero-order chi connectivity index (χ0) is 12.3. The number of aliphatic hydroxyl groups is 1. The maximum atomic E-state index is 11.8. The van der Waals surface area contributed by atoms with Crippen molar-refractivity contribution in [1.29, 1.82) is 0 Å². The topological polar surface area (TPSA) is 71.7 Å². The minimum absolute atomic E-state index is 0.229. The number of hydrogen-bond donors (Lipinski definition) is 2. The van der Waals surface area contributed by atoms with Gasteiger partial charge >= 0.3 is 0 Å². The summed E-state index contributed by atoms with van der Waals surface area (Å²) >= 11 is 3.14. The second-order valence-electron chi connectivity index (χ2n) is 4.13. The van der Waals surface area contributed by atoms with Crippen LogP contribution in [0.5, 0.6) is 0 Å². The first kappa shape index (κ1) is 12.6. The van der Waals surface area contributed by atoms with Crippen LogP contribution < -0.4 is 5.32 Å². The van der Waals surface area contributed by atoms with E-state index in [-0.39, 0.29) is 12.5 Å². The van der Waals surface area contributed by atoms with Crippen molar-refractivity contribution in [3.63, 3.8) is 0 Å². The first-order valence-corrected chi connectivity index (χ1v) is 6.21. The molecule has 1 saturated heterocycles. The Bertz CT molecular complexity index is 398. The number of ether oxygens (including phenoxy) is 1. The molecule has 2 N–H and O–H groups in total. The van der Waals surface area contributed by atoms with Gasteiger partial charge in [-0.15, -0.1) is 0 Å². The van der Waals surface area contributed by atoms with E-state index < -0.39 is 5.60 Å². The summed E-state index contributed by atoms with van der Waals surface area (Å²) in [5.74, 6) is -0.259. The Morgan fingerprint density at radius 2 is 2.24 bits per heavy atom. The molecule has 0 aromatic carbocycles. The predicted octanol–water partition coefficient (Wildman–Crippen LogP) is 1.31. The van der Waals surface area contributed by atoms with E-state index in [0.29, 0.717) is 36.3 Å². The highest BCUT2D eigenvalue weighted by Crippen LogP contribution is 2.20. The average Bonchev–Trinajstić information content (AvgIpc) is 2.74. The summed E-state index contributed by atoms with van der Waals surface area (Å²) in [5.41, 5.74) is -0.426. The van der Waals surface area contributed by atoms with Crippen molar-refractivity contribution < 1.29 is 19.1 Å². The summed E-state index contributed by atoms with van der Waals surface area (Å²) in [4.78, 5) is 11.8. The Kier molecular flexibility index (Phi) is 3.86. The molecular formula is C11H14BrNO4. The summed E-state index contributed by atoms with van der Waals surface area (Å²) in [6.07, 6.45) is 2.52. The minimum atomic E-state index is -0.857. The minimum Gasteiger partial charge on any atom is -0.457 e. The first-order valence-electron chi connectivity index (χ1n) is 5.42. The van der Waals surface area contributed by atoms with E-state index in [9.17, 15) is 9.90 Å². The van der Waals surface area contributed by atoms with Gasteiger partial charge in [-0.3, -0.25) is 4.79 Å². The number of furan rings is 1. The zero-order valence-electron chi connectivity index (χ0n) is 9.24. The molecule has 0 spiro atoms. The lowest BCUT2D eigenvalue weighted by Crippen LogP contribution is -2.46. The van der Waals surface area contributed by atoms with Crippen molar-refractivity contribution >= 4 is 21.8 Å². The van der Waals surface area contributed by atoms with Gasteiger partial charge in [0.2, 0.25) is 0 Å². The first-order chi connectivity index (χ1) is 8.11. The summed E-state index contributed by atoms with van der Waals surface area (Å²) in [6.45, 7) is 1.29. The summed E-state index contributed by atoms with van der Waals surface area (Å²) in [7, 11) is 0. The van der Waals surface area contributed by atoms with Crippen molar-refractivity contribution in [2.45, 2.75) is 18.4 Å². The molecule has 0 aliphatic carbocycles. The van der Waals surface area contributed by atoms with Gasteiger partial charge in [-0.2, -0.15) is 0 Å². The number of hydrogen-bond acceptors (Lipinski definition) is 4. The number of nitrogens with one attached hydrogen (secondary N) is 1. The molecule has 6 heteroatoms. The number of rotatable bonds is 3. The Morgan fingerprint density at radius 1 is 1.53 bits per heavy atom. The van der Waals surface area contributed by atoms with E-state index >= 15 is 0 Å². The molecule has 94 valence electrons. The van der Waals surface area contributed by atoms with Gasteiger partial charge in [-0.05, 0) is 22.0 Å². The van der Waals surface area contributed by atoms with E-state index in [1.54, 1.807) is 6.07 Å². The third-order valence-electron chi connectivity index (χ3n) is 2.86. The van der Waals surface area contributed by atoms with Crippen LogP contribution in [0.1, 0.15) is 23.2 Å². The zero-order valence-corrected chi connectivity index (χ0v) is 10.8. The summed E-state index contributed by atoms with van der Waals surface area (Å²) in [6, 6.07) is 1.58. The summed E-state index contributed by atoms with van der Waals surface area (Å²) in [5, 5.41) is 12.9. The van der Waals surface area contributed by atoms with Gasteiger partial charge in [0.05, 0.1) is 17.4 Å². The molecule has 0 radical (unpaired) electrons. The van der Waals surface area contributed by atoms with Crippen molar-refractivity contribution in [2.24, 2.45) is 0 Å². The van der Waals surface area contributed by atoms with Gasteiger partial charge in [-0.1, -0.05) is 0 Å². The molecule has 2 rings (SSSR count). The fourth-order valence-corrected chi connectivity index (χ4v) is 2.14. The molecule has 2 heterocycles. The Hall–Kier alpha value is -0.850. The van der Waals surface area contributed by atoms with Crippen molar-refractivity contribution in [2.75, 3.05) is 19.8 Å². The van der Waals surface area contributed by atoms with Gasteiger partial charge in [-0.25, -0.2) is 0 Å². The highest BCUT2D eigenvalue weighted by atomic mass is 79.9. The Balaban J connectivity index is 1.90. The fourth-order valence-electron chi connectivity index (χ4n) is 1.72. The van der Waals surface area contributed by atoms with E-state index in [0.717, 1.165) is 0 Å². The van der Waals surface area contributed by atoms with Crippen LogP contribution >= 0.6 is 15.9 Å². The van der Waals surface area contributed by atoms with Crippen LogP contribution in [-0.2, 0) is 4.74 Å². The van der Waals surface area contributed by atoms with Crippen LogP contribution in [0.2, 0.25) is 0 Å². The van der Waals surface area contributed by atoms with E-state index in [4.69, 9.17) is 9.15 Å². The van der Waals surface area contributed by atoms with Crippen LogP contribution in [0.3, 0.4) is 0 Å². The summed E-state index contributed by atoms with van der Waals surface area (Å²) < 4.78 is 10.5. The third kappa shape index (κ3) is 3.08. The molecular weight excluding hydrogens is 290 g/mol. The van der Waals surface area contributed by atoms with Crippen LogP contribution in [0.4, 0.5) is 0 Å². The lowest BCUT2D eigenvalue weighted by Gasteiger charge is -2.31. The standard InChI is InChI=1S/C11H14BrNO4/c12-9-8(1-4-17-9)10(14)13-7-11(15)2-5-16-6-3-11/h1,4,15H,2-3,5-7H2,(H,13,14). The molecule has 0 unspecified atom stereocenters. The predicted molar refractivity (Wildman–Crippen MR) is 63.7 cm³/mol. The quantitative estimate of drug-likeness (QED) is 0.883. The Morgan fingerprint density at radius 3 is 2.82 bits per heavy atom. The van der Waals surface area contributed by atoms with Gasteiger partial charge in [0.15, 0.2) is 4.67 Å². The molecule has 0 atom stereocenters. The molecule has 5 nitrogen and oxygen atoms in total. The van der Waals surface area contributed by atoms with Crippen molar-refractivity contribution in [3.05, 3.63) is 22.6 Å². The van der Waals surface area contributed by atoms with Crippen LogP contribution in [-0.4, -0.2) is 36.4 Å². The second-order valence-corrected chi connectivity index (χ2v) is 4.85. The highest BCUT2D eigenvalue weighted by Gasteiger charge is 2.30. The number of amides is 1. The van der Waals surface area contributed by atoms with E-state index in [1.807, 2.05) is 0 Å². The molecule has 1 aliphatic heterocycles. The third-order valence-corrected chi connectivity index (χ3v) is 3.48. The molecule has 1 amide bonds. The number of halogens is 1. The van der Waals surface area contributed by atoms with Crippen LogP contribution in [0.15, 0.2) is 21.4 Å². The van der Waals surface area contributed by atoms with Crippen LogP contribution in [0.25, 0.3) is 0 Å². The highest BCUT2D eigenvalue weighted by molar-refractivity contribution is 9.10. The fraction of sp³-hybridized carbons (Fsp3) is 0.545. The molecule has 1 aromatic rings. The van der Waals surface area contributed by atoms with Gasteiger partial charge in [0.1, 0.15) is 0 Å². The molecule has 1 fully saturated rings. The molecule has 0 bridgehead atoms. The molecule has 0 saturated carbocycles. The maximum absolute atomic E-state index is 11.8. The monoisotopic (exact) mass is 303 g/mol. The average molecular weight is 304 g/mol. The van der Waals surface area contributed by atoms with E-state index in [1.165, 1.54) is 6.26 Å². The van der Waals surface area contributed by atoms with Crippen molar-refractivity contribution in [3.8, 4) is 0 Å². The number of carbonyl (C=O) groups excluding carboxylic acids is 1. The maximum Gasteiger partial charge on any atom is 0.255 e. The van der Waals surface area contributed by atoms with E-state index in [2.05, 4.69) is 21.2 Å². The van der Waals surface area contributed by atoms with Crippen LogP contribution in [0, 0.1) is 0 Å².